The van der Waals surface area contributed by atoms with Gasteiger partial charge in [-0.3, -0.25) is 9.36 Å². The van der Waals surface area contributed by atoms with Crippen LogP contribution in [0, 0.1) is 11.8 Å². The maximum atomic E-state index is 5.02. The van der Waals surface area contributed by atoms with Crippen LogP contribution in [0.4, 0.5) is 0 Å². The van der Waals surface area contributed by atoms with E-state index in [0.717, 1.165) is 59.3 Å². The topological polar surface area (TPSA) is 65.8 Å². The molecule has 8 heteroatoms. The van der Waals surface area contributed by atoms with Crippen LogP contribution in [0.5, 0.6) is 0 Å². The van der Waals surface area contributed by atoms with E-state index in [2.05, 4.69) is 73.5 Å². The lowest BCUT2D eigenvalue weighted by molar-refractivity contribution is 0.188. The summed E-state index contributed by atoms with van der Waals surface area (Å²) >= 11 is 2.50. The fourth-order valence-corrected chi connectivity index (χ4v) is 5.33. The average molecular weight is 529 g/mol. The third-order valence-electron chi connectivity index (χ3n) is 6.51. The van der Waals surface area contributed by atoms with Crippen LogP contribution in [-0.4, -0.2) is 38.6 Å². The summed E-state index contributed by atoms with van der Waals surface area (Å²) in [5.74, 6) is 1.65. The predicted octanol–water partition coefficient (Wildman–Crippen LogP) is 5.28. The van der Waals surface area contributed by atoms with E-state index in [-0.39, 0.29) is 0 Å². The molecular weight excluding hydrogens is 501 g/mol. The molecule has 1 saturated carbocycles. The lowest BCUT2D eigenvalue weighted by Gasteiger charge is -2.33. The Morgan fingerprint density at radius 2 is 1.81 bits per heavy atom. The fourth-order valence-electron chi connectivity index (χ4n) is 4.61. The molecule has 1 aliphatic carbocycles. The van der Waals surface area contributed by atoms with Gasteiger partial charge in [0.1, 0.15) is 0 Å². The zero-order valence-electron chi connectivity index (χ0n) is 18.0. The molecule has 1 fully saturated rings. The Balaban J connectivity index is 1.45. The molecule has 4 aromatic heterocycles. The molecule has 0 atom stereocenters. The third-order valence-corrected chi connectivity index (χ3v) is 7.75. The summed E-state index contributed by atoms with van der Waals surface area (Å²) in [4.78, 5) is 5.02. The number of aromatic nitrogens is 7. The second-order valence-corrected chi connectivity index (χ2v) is 9.50. The van der Waals surface area contributed by atoms with Crippen molar-refractivity contribution in [3.8, 4) is 22.5 Å². The minimum absolute atomic E-state index is 0.411. The lowest BCUT2D eigenvalue weighted by Crippen LogP contribution is -2.28. The molecule has 162 valence electrons. The first kappa shape index (κ1) is 20.7. The Morgan fingerprint density at radius 3 is 2.58 bits per heavy atom. The normalized spacial score (nSPS) is 18.7. The standard InChI is InChI=1S/C23H28IN7/c1-3-20(4-2)30-14-19(11-27-30)23-22-5-6-25-31(22)15-21(28-23)18-10-26-29(13-18)12-17-7-16(8-17)9-24/h5-6,10-11,13-17,20H,3-4,7-9,12H2,1-2H3/t16-,17-. The van der Waals surface area contributed by atoms with Crippen molar-refractivity contribution < 1.29 is 0 Å². The molecule has 5 rings (SSSR count). The summed E-state index contributed by atoms with van der Waals surface area (Å²) in [7, 11) is 0. The van der Waals surface area contributed by atoms with Gasteiger partial charge in [-0.15, -0.1) is 0 Å². The van der Waals surface area contributed by atoms with Gasteiger partial charge in [0.05, 0.1) is 47.7 Å². The summed E-state index contributed by atoms with van der Waals surface area (Å²) in [6.07, 6.45) is 16.6. The Bertz CT molecular complexity index is 1160. The zero-order valence-corrected chi connectivity index (χ0v) is 20.2. The van der Waals surface area contributed by atoms with Gasteiger partial charge < -0.3 is 0 Å². The second-order valence-electron chi connectivity index (χ2n) is 8.62. The van der Waals surface area contributed by atoms with Crippen molar-refractivity contribution >= 4 is 28.1 Å². The van der Waals surface area contributed by atoms with Gasteiger partial charge in [-0.1, -0.05) is 36.4 Å². The monoisotopic (exact) mass is 529 g/mol. The molecule has 0 N–H and O–H groups in total. The van der Waals surface area contributed by atoms with E-state index >= 15 is 0 Å². The second kappa shape index (κ2) is 8.72. The number of hydrogen-bond donors (Lipinski definition) is 0. The molecule has 0 amide bonds. The molecule has 0 spiro atoms. The van der Waals surface area contributed by atoms with E-state index < -0.39 is 0 Å². The maximum absolute atomic E-state index is 5.02. The molecular formula is C23H28IN7. The highest BCUT2D eigenvalue weighted by Gasteiger charge is 2.28. The molecule has 0 aliphatic heterocycles. The molecule has 0 unspecified atom stereocenters. The molecule has 0 radical (unpaired) electrons. The van der Waals surface area contributed by atoms with Crippen molar-refractivity contribution in [2.24, 2.45) is 11.8 Å². The first-order valence-electron chi connectivity index (χ1n) is 11.2. The van der Waals surface area contributed by atoms with E-state index in [0.29, 0.717) is 6.04 Å². The zero-order chi connectivity index (χ0) is 21.4. The number of fused-ring (bicyclic) bond motifs is 1. The van der Waals surface area contributed by atoms with E-state index in [1.54, 1.807) is 0 Å². The minimum atomic E-state index is 0.411. The summed E-state index contributed by atoms with van der Waals surface area (Å²) in [5.41, 5.74) is 4.82. The smallest absolute Gasteiger partial charge is 0.0999 e. The van der Waals surface area contributed by atoms with Gasteiger partial charge in [-0.2, -0.15) is 15.3 Å². The molecule has 0 saturated heterocycles. The van der Waals surface area contributed by atoms with Crippen molar-refractivity contribution in [2.75, 3.05) is 4.43 Å². The van der Waals surface area contributed by atoms with E-state index in [9.17, 15) is 0 Å². The van der Waals surface area contributed by atoms with Crippen LogP contribution in [-0.2, 0) is 6.54 Å². The SMILES string of the molecule is CCC(CC)n1cc(-c2nc(-c3cnn(C[C@H]4C[C@H](CI)C4)c3)cn3nccc23)cn1. The van der Waals surface area contributed by atoms with E-state index in [4.69, 9.17) is 4.98 Å². The number of rotatable bonds is 8. The van der Waals surface area contributed by atoms with Gasteiger partial charge in [0.15, 0.2) is 0 Å². The van der Waals surface area contributed by atoms with Crippen molar-refractivity contribution in [3.05, 3.63) is 43.2 Å². The Labute approximate surface area is 196 Å². The number of nitrogens with zero attached hydrogens (tertiary/aromatic N) is 7. The molecule has 1 aliphatic rings. The quantitative estimate of drug-likeness (QED) is 0.230. The maximum Gasteiger partial charge on any atom is 0.0999 e. The number of hydrogen-bond acceptors (Lipinski definition) is 4. The highest BCUT2D eigenvalue weighted by atomic mass is 127. The van der Waals surface area contributed by atoms with Crippen LogP contribution < -0.4 is 0 Å². The summed E-state index contributed by atoms with van der Waals surface area (Å²) < 4.78 is 7.31. The van der Waals surface area contributed by atoms with Crippen molar-refractivity contribution in [1.29, 1.82) is 0 Å². The van der Waals surface area contributed by atoms with Crippen LogP contribution >= 0.6 is 22.6 Å². The first-order valence-corrected chi connectivity index (χ1v) is 12.7. The minimum Gasteiger partial charge on any atom is -0.272 e. The predicted molar refractivity (Wildman–Crippen MR) is 130 cm³/mol. The summed E-state index contributed by atoms with van der Waals surface area (Å²) in [5, 5.41) is 13.7. The van der Waals surface area contributed by atoms with Crippen molar-refractivity contribution in [3.63, 3.8) is 0 Å². The van der Waals surface area contributed by atoms with Gasteiger partial charge in [-0.05, 0) is 43.6 Å². The Kier molecular flexibility index (Phi) is 5.81. The Hall–Kier alpha value is -2.23. The lowest BCUT2D eigenvalue weighted by atomic mass is 9.76. The summed E-state index contributed by atoms with van der Waals surface area (Å²) in [6, 6.07) is 2.42. The van der Waals surface area contributed by atoms with Crippen LogP contribution in [0.3, 0.4) is 0 Å². The third kappa shape index (κ3) is 4.02. The number of alkyl halides is 1. The van der Waals surface area contributed by atoms with E-state index in [1.807, 2.05) is 35.4 Å². The van der Waals surface area contributed by atoms with Crippen molar-refractivity contribution in [1.82, 2.24) is 34.2 Å². The largest absolute Gasteiger partial charge is 0.272 e. The molecule has 4 aromatic rings. The van der Waals surface area contributed by atoms with Gasteiger partial charge in [-0.25, -0.2) is 9.50 Å². The van der Waals surface area contributed by atoms with Crippen molar-refractivity contribution in [2.45, 2.75) is 52.1 Å². The van der Waals surface area contributed by atoms with Crippen LogP contribution in [0.1, 0.15) is 45.6 Å². The molecule has 7 nitrogen and oxygen atoms in total. The molecule has 4 heterocycles. The summed E-state index contributed by atoms with van der Waals surface area (Å²) in [6.45, 7) is 5.39. The van der Waals surface area contributed by atoms with Gasteiger partial charge in [0, 0.05) is 34.5 Å². The number of halogens is 1. The van der Waals surface area contributed by atoms with E-state index in [1.165, 1.54) is 17.3 Å². The fraction of sp³-hybridized carbons (Fsp3) is 0.478. The highest BCUT2D eigenvalue weighted by molar-refractivity contribution is 14.1. The van der Waals surface area contributed by atoms with Gasteiger partial charge in [0.2, 0.25) is 0 Å². The van der Waals surface area contributed by atoms with Gasteiger partial charge in [0.25, 0.3) is 0 Å². The molecule has 31 heavy (non-hydrogen) atoms. The Morgan fingerprint density at radius 1 is 1.00 bits per heavy atom. The van der Waals surface area contributed by atoms with Crippen LogP contribution in [0.25, 0.3) is 28.0 Å². The van der Waals surface area contributed by atoms with Gasteiger partial charge >= 0.3 is 0 Å². The molecule has 0 aromatic carbocycles. The molecule has 0 bridgehead atoms. The average Bonchev–Trinajstić information content (AvgIpc) is 3.51. The van der Waals surface area contributed by atoms with Crippen LogP contribution in [0.15, 0.2) is 43.2 Å². The van der Waals surface area contributed by atoms with Crippen LogP contribution in [0.2, 0.25) is 0 Å². The first-order chi connectivity index (χ1) is 15.2. The highest BCUT2D eigenvalue weighted by Crippen LogP contribution is 2.36.